The molecule has 37 heavy (non-hydrogen) atoms. The molecule has 2 aromatic carbocycles. The van der Waals surface area contributed by atoms with Gasteiger partial charge in [-0.25, -0.2) is 9.99 Å². The maximum atomic E-state index is 13.5. The quantitative estimate of drug-likeness (QED) is 0.343. The summed E-state index contributed by atoms with van der Waals surface area (Å²) < 4.78 is 0. The van der Waals surface area contributed by atoms with Crippen LogP contribution in [0.15, 0.2) is 48.8 Å². The molecule has 0 fully saturated rings. The van der Waals surface area contributed by atoms with E-state index in [1.54, 1.807) is 12.1 Å². The van der Waals surface area contributed by atoms with Gasteiger partial charge in [0.15, 0.2) is 5.82 Å². The highest BCUT2D eigenvalue weighted by molar-refractivity contribution is 5.87. The SMILES string of the molecule is Cc1ccc(-c2nc[nH]n2)cc1N(CC(=O)NCCNC(C)C)CC(=O)N(C)N1Cc2ccccc2C1. The molecule has 1 aliphatic rings. The van der Waals surface area contributed by atoms with Crippen LogP contribution in [0.25, 0.3) is 11.4 Å². The predicted octanol–water partition coefficient (Wildman–Crippen LogP) is 2.09. The van der Waals surface area contributed by atoms with Crippen molar-refractivity contribution >= 4 is 17.5 Å². The zero-order chi connectivity index (χ0) is 26.4. The van der Waals surface area contributed by atoms with Gasteiger partial charge < -0.3 is 15.5 Å². The lowest BCUT2D eigenvalue weighted by Crippen LogP contribution is -2.48. The Balaban J connectivity index is 1.50. The number of fused-ring (bicyclic) bond motifs is 1. The molecule has 3 aromatic rings. The number of hydrazine groups is 1. The molecule has 3 N–H and O–H groups in total. The number of aromatic nitrogens is 3. The topological polar surface area (TPSA) is 109 Å². The fourth-order valence-corrected chi connectivity index (χ4v) is 4.41. The van der Waals surface area contributed by atoms with Gasteiger partial charge in [-0.15, -0.1) is 0 Å². The van der Waals surface area contributed by atoms with Crippen LogP contribution in [-0.2, 0) is 22.7 Å². The van der Waals surface area contributed by atoms with Crippen LogP contribution < -0.4 is 15.5 Å². The van der Waals surface area contributed by atoms with E-state index >= 15 is 0 Å². The summed E-state index contributed by atoms with van der Waals surface area (Å²) in [6.45, 7) is 8.77. The molecule has 1 aromatic heterocycles. The van der Waals surface area contributed by atoms with Crippen molar-refractivity contribution in [2.45, 2.75) is 39.9 Å². The Morgan fingerprint density at radius 2 is 1.81 bits per heavy atom. The van der Waals surface area contributed by atoms with Gasteiger partial charge in [-0.3, -0.25) is 19.7 Å². The molecular formula is C27H36N8O2. The summed E-state index contributed by atoms with van der Waals surface area (Å²) in [6.07, 6.45) is 1.53. The minimum atomic E-state index is -0.141. The molecule has 0 saturated carbocycles. The Bertz CT molecular complexity index is 1190. The summed E-state index contributed by atoms with van der Waals surface area (Å²) >= 11 is 0. The number of nitrogens with zero attached hydrogens (tertiary/aromatic N) is 5. The molecule has 0 radical (unpaired) electrons. The van der Waals surface area contributed by atoms with E-state index < -0.39 is 0 Å². The lowest BCUT2D eigenvalue weighted by molar-refractivity contribution is -0.145. The monoisotopic (exact) mass is 504 g/mol. The molecule has 0 saturated heterocycles. The van der Waals surface area contributed by atoms with E-state index in [1.165, 1.54) is 17.5 Å². The van der Waals surface area contributed by atoms with E-state index in [4.69, 9.17) is 0 Å². The smallest absolute Gasteiger partial charge is 0.256 e. The molecule has 2 heterocycles. The van der Waals surface area contributed by atoms with E-state index in [2.05, 4.69) is 51.8 Å². The molecule has 0 spiro atoms. The summed E-state index contributed by atoms with van der Waals surface area (Å²) in [7, 11) is 1.79. The molecule has 0 aliphatic carbocycles. The number of anilines is 1. The van der Waals surface area contributed by atoms with Crippen LogP contribution in [0.3, 0.4) is 0 Å². The highest BCUT2D eigenvalue weighted by atomic mass is 16.2. The molecular weight excluding hydrogens is 468 g/mol. The van der Waals surface area contributed by atoms with E-state index in [0.717, 1.165) is 16.8 Å². The minimum absolute atomic E-state index is 0.0549. The fraction of sp³-hybridized carbons (Fsp3) is 0.407. The molecule has 0 atom stereocenters. The van der Waals surface area contributed by atoms with Crippen molar-refractivity contribution in [3.05, 3.63) is 65.5 Å². The zero-order valence-corrected chi connectivity index (χ0v) is 22.0. The number of amides is 2. The third-order valence-electron chi connectivity index (χ3n) is 6.49. The van der Waals surface area contributed by atoms with Crippen molar-refractivity contribution in [1.82, 2.24) is 35.8 Å². The van der Waals surface area contributed by atoms with Gasteiger partial charge in [0.2, 0.25) is 5.91 Å². The molecule has 196 valence electrons. The first-order valence-corrected chi connectivity index (χ1v) is 12.6. The van der Waals surface area contributed by atoms with E-state index in [0.29, 0.717) is 38.0 Å². The van der Waals surface area contributed by atoms with Gasteiger partial charge in [0.05, 0.1) is 13.1 Å². The highest BCUT2D eigenvalue weighted by Crippen LogP contribution is 2.27. The van der Waals surface area contributed by atoms with Gasteiger partial charge in [-0.2, -0.15) is 5.10 Å². The number of carbonyl (C=O) groups is 2. The number of hydrogen-bond acceptors (Lipinski definition) is 7. The number of rotatable bonds is 11. The normalized spacial score (nSPS) is 13.0. The largest absolute Gasteiger partial charge is 0.353 e. The van der Waals surface area contributed by atoms with Crippen LogP contribution in [0.1, 0.15) is 30.5 Å². The van der Waals surface area contributed by atoms with E-state index in [1.807, 2.05) is 47.2 Å². The maximum Gasteiger partial charge on any atom is 0.256 e. The van der Waals surface area contributed by atoms with E-state index in [9.17, 15) is 9.59 Å². The Hall–Kier alpha value is -3.76. The third-order valence-corrected chi connectivity index (χ3v) is 6.49. The van der Waals surface area contributed by atoms with Gasteiger partial charge in [0.1, 0.15) is 6.33 Å². The van der Waals surface area contributed by atoms with Crippen molar-refractivity contribution in [2.24, 2.45) is 0 Å². The number of H-pyrrole nitrogens is 1. The standard InChI is InChI=1S/C27H36N8O2/c1-19(2)28-11-12-29-25(36)16-34(24-13-21(10-9-20(24)3)27-30-18-31-32-27)17-26(37)33(4)35-14-22-7-5-6-8-23(22)15-35/h5-10,13,18-19,28H,11-12,14-17H2,1-4H3,(H,29,36)(H,30,31,32). The van der Waals surface area contributed by atoms with Crippen LogP contribution in [0.4, 0.5) is 5.69 Å². The van der Waals surface area contributed by atoms with Gasteiger partial charge in [-0.1, -0.05) is 50.2 Å². The van der Waals surface area contributed by atoms with Gasteiger partial charge in [0.25, 0.3) is 5.91 Å². The number of hydrogen-bond donors (Lipinski definition) is 3. The summed E-state index contributed by atoms with van der Waals surface area (Å²) in [5.41, 5.74) is 5.01. The Labute approximate surface area is 218 Å². The lowest BCUT2D eigenvalue weighted by atomic mass is 10.1. The summed E-state index contributed by atoms with van der Waals surface area (Å²) in [6, 6.07) is 14.4. The number of aryl methyl sites for hydroxylation is 1. The van der Waals surface area contributed by atoms with Crippen molar-refractivity contribution in [3.63, 3.8) is 0 Å². The number of benzene rings is 2. The van der Waals surface area contributed by atoms with Gasteiger partial charge in [-0.05, 0) is 29.7 Å². The van der Waals surface area contributed by atoms with Crippen molar-refractivity contribution in [2.75, 3.05) is 38.1 Å². The first-order valence-electron chi connectivity index (χ1n) is 12.6. The summed E-state index contributed by atoms with van der Waals surface area (Å²) in [4.78, 5) is 32.5. The molecule has 0 bridgehead atoms. The van der Waals surface area contributed by atoms with Crippen LogP contribution in [0.2, 0.25) is 0 Å². The second-order valence-electron chi connectivity index (χ2n) is 9.65. The first-order chi connectivity index (χ1) is 17.8. The van der Waals surface area contributed by atoms with Gasteiger partial charge in [0, 0.05) is 50.5 Å². The average Bonchev–Trinajstić information content (AvgIpc) is 3.56. The number of nitrogens with one attached hydrogen (secondary N) is 3. The Morgan fingerprint density at radius 3 is 2.46 bits per heavy atom. The number of aromatic amines is 1. The fourth-order valence-electron chi connectivity index (χ4n) is 4.41. The average molecular weight is 505 g/mol. The molecule has 4 rings (SSSR count). The Morgan fingerprint density at radius 1 is 1.08 bits per heavy atom. The van der Waals surface area contributed by atoms with Crippen molar-refractivity contribution in [3.8, 4) is 11.4 Å². The molecule has 1 aliphatic heterocycles. The minimum Gasteiger partial charge on any atom is -0.353 e. The molecule has 10 nitrogen and oxygen atoms in total. The highest BCUT2D eigenvalue weighted by Gasteiger charge is 2.27. The zero-order valence-electron chi connectivity index (χ0n) is 22.0. The predicted molar refractivity (Wildman–Crippen MR) is 143 cm³/mol. The maximum absolute atomic E-state index is 13.5. The second kappa shape index (κ2) is 12.0. The van der Waals surface area contributed by atoms with Crippen LogP contribution in [0, 0.1) is 6.92 Å². The molecule has 0 unspecified atom stereocenters. The van der Waals surface area contributed by atoms with E-state index in [-0.39, 0.29) is 24.9 Å². The first kappa shape index (κ1) is 26.3. The van der Waals surface area contributed by atoms with Crippen molar-refractivity contribution < 1.29 is 9.59 Å². The van der Waals surface area contributed by atoms with Crippen molar-refractivity contribution in [1.29, 1.82) is 0 Å². The number of likely N-dealkylation sites (N-methyl/N-ethyl adjacent to an activating group) is 1. The van der Waals surface area contributed by atoms with Crippen LogP contribution in [0.5, 0.6) is 0 Å². The third kappa shape index (κ3) is 6.72. The molecule has 2 amide bonds. The summed E-state index contributed by atoms with van der Waals surface area (Å²) in [5, 5.41) is 16.9. The van der Waals surface area contributed by atoms with Gasteiger partial charge >= 0.3 is 0 Å². The second-order valence-corrected chi connectivity index (χ2v) is 9.65. The lowest BCUT2D eigenvalue weighted by Gasteiger charge is -2.32. The number of carbonyl (C=O) groups excluding carboxylic acids is 2. The molecule has 10 heteroatoms. The Kier molecular flexibility index (Phi) is 8.52. The summed E-state index contributed by atoms with van der Waals surface area (Å²) in [5.74, 6) is 0.325. The van der Waals surface area contributed by atoms with Crippen LogP contribution >= 0.6 is 0 Å². The van der Waals surface area contributed by atoms with Crippen LogP contribution in [-0.4, -0.2) is 76.3 Å².